The van der Waals surface area contributed by atoms with Crippen LogP contribution in [0.15, 0.2) is 4.99 Å². The number of amidine groups is 1. The number of alkyl halides is 1. The lowest BCUT2D eigenvalue weighted by atomic mass is 9.96. The number of aliphatic imine (C=N–C) groups is 1. The fourth-order valence-corrected chi connectivity index (χ4v) is 2.99. The molecule has 0 saturated carbocycles. The Kier molecular flexibility index (Phi) is 3.39. The second kappa shape index (κ2) is 4.48. The van der Waals surface area contributed by atoms with E-state index < -0.39 is 36.0 Å². The third-order valence-corrected chi connectivity index (χ3v) is 3.95. The number of aliphatic hydroxyl groups is 2. The van der Waals surface area contributed by atoms with Crippen LogP contribution in [0.4, 0.5) is 4.39 Å². The standard InChI is InChI=1S/C9H15FN2O3S/c1-3(13)7-6(14)4(10)5-8(15-7)16-9(11-2)12-5/h3-8,13-14H,1-2H3,(H,11,12)/t3-,4-,5-,6-,7-,8-/m1/s1. The lowest BCUT2D eigenvalue weighted by Crippen LogP contribution is -2.59. The van der Waals surface area contributed by atoms with Crippen molar-refractivity contribution in [1.29, 1.82) is 0 Å². The molecular weight excluding hydrogens is 235 g/mol. The molecule has 2 heterocycles. The predicted molar refractivity (Wildman–Crippen MR) is 59.1 cm³/mol. The number of fused-ring (bicyclic) bond motifs is 1. The minimum atomic E-state index is -1.47. The molecule has 2 fully saturated rings. The van der Waals surface area contributed by atoms with E-state index in [9.17, 15) is 14.6 Å². The monoisotopic (exact) mass is 250 g/mol. The van der Waals surface area contributed by atoms with E-state index in [0.29, 0.717) is 5.17 Å². The number of aliphatic hydroxyl groups excluding tert-OH is 2. The molecule has 2 rings (SSSR count). The number of rotatable bonds is 1. The van der Waals surface area contributed by atoms with Gasteiger partial charge in [-0.3, -0.25) is 4.99 Å². The van der Waals surface area contributed by atoms with Crippen LogP contribution in [0.25, 0.3) is 0 Å². The Labute approximate surface area is 97.1 Å². The van der Waals surface area contributed by atoms with E-state index in [-0.39, 0.29) is 0 Å². The molecule has 2 aliphatic heterocycles. The molecule has 2 aliphatic rings. The molecule has 5 nitrogen and oxygen atoms in total. The van der Waals surface area contributed by atoms with Gasteiger partial charge in [0.1, 0.15) is 17.6 Å². The lowest BCUT2D eigenvalue weighted by molar-refractivity contribution is -0.167. The molecule has 3 N–H and O–H groups in total. The van der Waals surface area contributed by atoms with E-state index in [2.05, 4.69) is 10.3 Å². The normalized spacial score (nSPS) is 47.6. The van der Waals surface area contributed by atoms with Crippen molar-refractivity contribution in [3.05, 3.63) is 0 Å². The number of nitrogens with zero attached hydrogens (tertiary/aromatic N) is 1. The molecule has 0 spiro atoms. The van der Waals surface area contributed by atoms with Crippen LogP contribution in [0.2, 0.25) is 0 Å². The van der Waals surface area contributed by atoms with Crippen molar-refractivity contribution in [3.63, 3.8) is 0 Å². The minimum Gasteiger partial charge on any atom is -0.391 e. The quantitative estimate of drug-likeness (QED) is 0.584. The summed E-state index contributed by atoms with van der Waals surface area (Å²) in [6, 6.07) is -0.603. The van der Waals surface area contributed by atoms with Gasteiger partial charge in [-0.15, -0.1) is 0 Å². The van der Waals surface area contributed by atoms with Gasteiger partial charge < -0.3 is 20.3 Å². The van der Waals surface area contributed by atoms with Crippen molar-refractivity contribution in [2.24, 2.45) is 4.99 Å². The fraction of sp³-hybridized carbons (Fsp3) is 0.889. The first-order valence-corrected chi connectivity index (χ1v) is 5.98. The molecule has 0 aromatic carbocycles. The van der Waals surface area contributed by atoms with Crippen molar-refractivity contribution in [2.45, 2.75) is 42.9 Å². The van der Waals surface area contributed by atoms with Crippen LogP contribution in [0, 0.1) is 0 Å². The maximum atomic E-state index is 13.9. The number of hydrogen-bond donors (Lipinski definition) is 3. The van der Waals surface area contributed by atoms with E-state index >= 15 is 0 Å². The van der Waals surface area contributed by atoms with E-state index in [4.69, 9.17) is 4.74 Å². The van der Waals surface area contributed by atoms with E-state index in [1.54, 1.807) is 7.05 Å². The van der Waals surface area contributed by atoms with Gasteiger partial charge in [0.2, 0.25) is 0 Å². The van der Waals surface area contributed by atoms with Gasteiger partial charge in [-0.25, -0.2) is 4.39 Å². The summed E-state index contributed by atoms with van der Waals surface area (Å²) in [4.78, 5) is 3.92. The van der Waals surface area contributed by atoms with Crippen molar-refractivity contribution >= 4 is 16.9 Å². The first-order chi connectivity index (χ1) is 7.54. The zero-order valence-corrected chi connectivity index (χ0v) is 9.82. The Hall–Kier alpha value is -0.370. The topological polar surface area (TPSA) is 74.1 Å². The highest BCUT2D eigenvalue weighted by atomic mass is 32.2. The SMILES string of the molecule is CN=C1N[C@@H]2[C@@H](F)[C@@H](O)[C@@H]([C@@H](C)O)O[C@@H]2S1. The summed E-state index contributed by atoms with van der Waals surface area (Å²) < 4.78 is 19.3. The smallest absolute Gasteiger partial charge is 0.159 e. The van der Waals surface area contributed by atoms with Crippen LogP contribution in [0.5, 0.6) is 0 Å². The maximum absolute atomic E-state index is 13.9. The van der Waals surface area contributed by atoms with Crippen LogP contribution >= 0.6 is 11.8 Å². The molecule has 0 bridgehead atoms. The van der Waals surface area contributed by atoms with Crippen LogP contribution < -0.4 is 5.32 Å². The number of thioether (sulfide) groups is 1. The summed E-state index contributed by atoms with van der Waals surface area (Å²) in [7, 11) is 1.60. The number of hydrogen-bond acceptors (Lipinski definition) is 5. The van der Waals surface area contributed by atoms with Gasteiger partial charge >= 0.3 is 0 Å². The van der Waals surface area contributed by atoms with Crippen molar-refractivity contribution in [2.75, 3.05) is 7.05 Å². The number of ether oxygens (including phenoxy) is 1. The Bertz CT molecular complexity index is 302. The van der Waals surface area contributed by atoms with Crippen LogP contribution in [0.1, 0.15) is 6.92 Å². The Morgan fingerprint density at radius 2 is 2.31 bits per heavy atom. The fourth-order valence-electron chi connectivity index (χ4n) is 1.92. The molecule has 6 atom stereocenters. The minimum absolute atomic E-state index is 0.448. The maximum Gasteiger partial charge on any atom is 0.159 e. The molecule has 16 heavy (non-hydrogen) atoms. The number of halogens is 1. The second-order valence-corrected chi connectivity index (χ2v) is 5.05. The van der Waals surface area contributed by atoms with Gasteiger partial charge in [0.15, 0.2) is 11.3 Å². The van der Waals surface area contributed by atoms with Gasteiger partial charge in [-0.1, -0.05) is 11.8 Å². The van der Waals surface area contributed by atoms with Gasteiger partial charge in [0.05, 0.1) is 12.1 Å². The van der Waals surface area contributed by atoms with E-state index in [1.165, 1.54) is 18.7 Å². The third-order valence-electron chi connectivity index (χ3n) is 2.79. The zero-order chi connectivity index (χ0) is 11.9. The lowest BCUT2D eigenvalue weighted by Gasteiger charge is -2.38. The highest BCUT2D eigenvalue weighted by Crippen LogP contribution is 2.35. The predicted octanol–water partition coefficient (Wildman–Crippen LogP) is -0.518. The molecule has 0 radical (unpaired) electrons. The summed E-state index contributed by atoms with van der Waals surface area (Å²) >= 11 is 1.28. The van der Waals surface area contributed by atoms with Crippen LogP contribution in [-0.2, 0) is 4.74 Å². The first kappa shape index (κ1) is 12.1. The Balaban J connectivity index is 2.15. The summed E-state index contributed by atoms with van der Waals surface area (Å²) in [5, 5.41) is 22.5. The average Bonchev–Trinajstić information content (AvgIpc) is 2.66. The van der Waals surface area contributed by atoms with Crippen molar-refractivity contribution in [1.82, 2.24) is 5.32 Å². The highest BCUT2D eigenvalue weighted by molar-refractivity contribution is 8.14. The molecule has 2 saturated heterocycles. The molecule has 92 valence electrons. The zero-order valence-electron chi connectivity index (χ0n) is 9.00. The molecule has 0 aromatic heterocycles. The molecule has 0 aromatic rings. The Morgan fingerprint density at radius 1 is 1.62 bits per heavy atom. The van der Waals surface area contributed by atoms with Crippen molar-refractivity contribution < 1.29 is 19.3 Å². The molecular formula is C9H15FN2O3S. The highest BCUT2D eigenvalue weighted by Gasteiger charge is 2.51. The largest absolute Gasteiger partial charge is 0.391 e. The molecule has 0 aliphatic carbocycles. The molecule has 0 unspecified atom stereocenters. The summed E-state index contributed by atoms with van der Waals surface area (Å²) in [5.41, 5.74) is -0.448. The second-order valence-electron chi connectivity index (χ2n) is 3.96. The van der Waals surface area contributed by atoms with Crippen LogP contribution in [0.3, 0.4) is 0 Å². The van der Waals surface area contributed by atoms with Gasteiger partial charge in [-0.2, -0.15) is 0 Å². The van der Waals surface area contributed by atoms with Gasteiger partial charge in [0.25, 0.3) is 0 Å². The third kappa shape index (κ3) is 1.92. The van der Waals surface area contributed by atoms with Gasteiger partial charge in [0, 0.05) is 7.05 Å². The van der Waals surface area contributed by atoms with Crippen molar-refractivity contribution in [3.8, 4) is 0 Å². The first-order valence-electron chi connectivity index (χ1n) is 5.10. The molecule has 0 amide bonds. The van der Waals surface area contributed by atoms with E-state index in [0.717, 1.165) is 0 Å². The average molecular weight is 250 g/mol. The molecule has 7 heteroatoms. The summed E-state index contributed by atoms with van der Waals surface area (Å²) in [6.45, 7) is 1.48. The van der Waals surface area contributed by atoms with Crippen LogP contribution in [-0.4, -0.2) is 58.4 Å². The Morgan fingerprint density at radius 3 is 2.88 bits per heavy atom. The summed E-state index contributed by atoms with van der Waals surface area (Å²) in [5.74, 6) is 0. The summed E-state index contributed by atoms with van der Waals surface area (Å²) in [6.07, 6.45) is -4.57. The van der Waals surface area contributed by atoms with E-state index in [1.807, 2.05) is 0 Å². The van der Waals surface area contributed by atoms with Gasteiger partial charge in [-0.05, 0) is 6.92 Å². The number of nitrogens with one attached hydrogen (secondary N) is 1.